The van der Waals surface area contributed by atoms with Crippen LogP contribution in [0.5, 0.6) is 0 Å². The van der Waals surface area contributed by atoms with Crippen molar-refractivity contribution < 1.29 is 19.1 Å². The van der Waals surface area contributed by atoms with Crippen molar-refractivity contribution in [3.05, 3.63) is 65.5 Å². The van der Waals surface area contributed by atoms with Gasteiger partial charge in [0.25, 0.3) is 0 Å². The highest BCUT2D eigenvalue weighted by Crippen LogP contribution is 2.35. The van der Waals surface area contributed by atoms with Crippen molar-refractivity contribution in [3.8, 4) is 11.8 Å². The molecule has 2 fully saturated rings. The van der Waals surface area contributed by atoms with Crippen molar-refractivity contribution in [1.82, 2.24) is 10.2 Å². The molecule has 2 N–H and O–H groups in total. The quantitative estimate of drug-likeness (QED) is 0.728. The lowest BCUT2D eigenvalue weighted by Gasteiger charge is -2.52. The van der Waals surface area contributed by atoms with E-state index in [4.69, 9.17) is 0 Å². The first-order chi connectivity index (χ1) is 13.9. The number of aliphatic hydroxyl groups excluding tert-OH is 1. The fourth-order valence-electron chi connectivity index (χ4n) is 3.72. The van der Waals surface area contributed by atoms with E-state index in [1.54, 1.807) is 13.0 Å². The van der Waals surface area contributed by atoms with Crippen LogP contribution in [0.2, 0.25) is 0 Å². The van der Waals surface area contributed by atoms with Crippen LogP contribution < -0.4 is 10.2 Å². The van der Waals surface area contributed by atoms with Crippen LogP contribution in [0.3, 0.4) is 0 Å². The molecule has 0 spiro atoms. The molecule has 0 aliphatic carbocycles. The maximum atomic E-state index is 14.8. The third-order valence-electron chi connectivity index (χ3n) is 5.37. The number of anilines is 1. The van der Waals surface area contributed by atoms with E-state index in [2.05, 4.69) is 17.2 Å². The van der Waals surface area contributed by atoms with Crippen LogP contribution in [0.1, 0.15) is 24.5 Å². The van der Waals surface area contributed by atoms with Crippen molar-refractivity contribution in [1.29, 1.82) is 0 Å². The van der Waals surface area contributed by atoms with E-state index < -0.39 is 29.5 Å². The number of carbonyl (C=O) groups is 2. The van der Waals surface area contributed by atoms with Crippen LogP contribution in [-0.2, 0) is 4.79 Å². The molecule has 0 radical (unpaired) electrons. The van der Waals surface area contributed by atoms with Crippen LogP contribution in [0.4, 0.5) is 14.9 Å². The average Bonchev–Trinajstić information content (AvgIpc) is 2.70. The van der Waals surface area contributed by atoms with Crippen molar-refractivity contribution >= 4 is 17.6 Å². The Morgan fingerprint density at radius 2 is 1.86 bits per heavy atom. The number of aliphatic hydroxyl groups is 1. The third kappa shape index (κ3) is 3.37. The number of rotatable bonds is 1. The van der Waals surface area contributed by atoms with Crippen molar-refractivity contribution in [3.63, 3.8) is 0 Å². The Labute approximate surface area is 167 Å². The van der Waals surface area contributed by atoms with Crippen LogP contribution in [0, 0.1) is 17.7 Å². The van der Waals surface area contributed by atoms with Crippen molar-refractivity contribution in [2.45, 2.75) is 25.1 Å². The van der Waals surface area contributed by atoms with Gasteiger partial charge in [0.05, 0.1) is 17.6 Å². The molecule has 0 bridgehead atoms. The van der Waals surface area contributed by atoms with Crippen LogP contribution in [0.15, 0.2) is 48.5 Å². The molecule has 3 amide bonds. The van der Waals surface area contributed by atoms with Crippen molar-refractivity contribution in [2.24, 2.45) is 0 Å². The molecule has 0 aromatic heterocycles. The van der Waals surface area contributed by atoms with Gasteiger partial charge in [0.1, 0.15) is 12.0 Å². The smallest absolute Gasteiger partial charge is 0.332 e. The van der Waals surface area contributed by atoms with Gasteiger partial charge in [0, 0.05) is 24.2 Å². The largest absolute Gasteiger partial charge is 0.376 e. The van der Waals surface area contributed by atoms with Gasteiger partial charge < -0.3 is 10.0 Å². The lowest BCUT2D eigenvalue weighted by Crippen LogP contribution is -2.73. The molecule has 0 saturated carbocycles. The summed E-state index contributed by atoms with van der Waals surface area (Å²) in [6, 6.07) is 12.9. The zero-order valence-electron chi connectivity index (χ0n) is 15.9. The number of piperazine rings is 1. The number of hydrogen-bond donors (Lipinski definition) is 2. The lowest BCUT2D eigenvalue weighted by molar-refractivity contribution is -0.128. The number of hydrogen-bond acceptors (Lipinski definition) is 4. The number of halogens is 1. The summed E-state index contributed by atoms with van der Waals surface area (Å²) in [7, 11) is 0. The minimum absolute atomic E-state index is 0.109. The van der Waals surface area contributed by atoms with E-state index in [9.17, 15) is 19.1 Å². The first kappa shape index (κ1) is 19.1. The van der Waals surface area contributed by atoms with E-state index in [0.29, 0.717) is 18.7 Å². The van der Waals surface area contributed by atoms with Gasteiger partial charge in [-0.1, -0.05) is 30.0 Å². The maximum Gasteiger partial charge on any atom is 0.332 e. The summed E-state index contributed by atoms with van der Waals surface area (Å²) in [5.41, 5.74) is 0.0743. The summed E-state index contributed by atoms with van der Waals surface area (Å²) in [6.45, 7) is 2.36. The van der Waals surface area contributed by atoms with Crippen molar-refractivity contribution in [2.75, 3.05) is 18.0 Å². The van der Waals surface area contributed by atoms with Gasteiger partial charge in [-0.3, -0.25) is 10.1 Å². The number of carbonyl (C=O) groups excluding carboxylic acids is 2. The zero-order valence-corrected chi connectivity index (χ0v) is 15.9. The molecular formula is C22H20FN3O3. The molecular weight excluding hydrogens is 373 g/mol. The maximum absolute atomic E-state index is 14.8. The molecule has 2 heterocycles. The van der Waals surface area contributed by atoms with Gasteiger partial charge in [-0.25, -0.2) is 14.1 Å². The monoisotopic (exact) mass is 393 g/mol. The molecule has 6 nitrogen and oxygen atoms in total. The number of benzene rings is 2. The van der Waals surface area contributed by atoms with E-state index in [1.165, 1.54) is 17.0 Å². The SMILES string of the molecule is CC12CC(=O)N(c3ccc(C#Cc4ccccc4)cc3F)C(=O)N1CCNC2O. The van der Waals surface area contributed by atoms with E-state index in [0.717, 1.165) is 10.5 Å². The van der Waals surface area contributed by atoms with Gasteiger partial charge in [-0.15, -0.1) is 0 Å². The summed E-state index contributed by atoms with van der Waals surface area (Å²) < 4.78 is 14.8. The normalized spacial score (nSPS) is 24.0. The highest BCUT2D eigenvalue weighted by Gasteiger charge is 2.52. The second kappa shape index (κ2) is 7.32. The number of fused-ring (bicyclic) bond motifs is 1. The fourth-order valence-corrected chi connectivity index (χ4v) is 3.72. The summed E-state index contributed by atoms with van der Waals surface area (Å²) in [6.07, 6.45) is -1.13. The molecule has 2 aliphatic rings. The molecule has 2 unspecified atom stereocenters. The molecule has 148 valence electrons. The third-order valence-corrected chi connectivity index (χ3v) is 5.37. The molecule has 2 aliphatic heterocycles. The van der Waals surface area contributed by atoms with Crippen LogP contribution >= 0.6 is 0 Å². The number of amides is 3. The summed E-state index contributed by atoms with van der Waals surface area (Å²) in [5.74, 6) is 4.57. The number of imide groups is 1. The highest BCUT2D eigenvalue weighted by molar-refractivity contribution is 6.16. The highest BCUT2D eigenvalue weighted by atomic mass is 19.1. The van der Waals surface area contributed by atoms with Gasteiger partial charge in [-0.2, -0.15) is 0 Å². The minimum Gasteiger partial charge on any atom is -0.376 e. The van der Waals surface area contributed by atoms with E-state index >= 15 is 0 Å². The standard InChI is InChI=1S/C22H20FN3O3/c1-22-14-19(27)26(21(29)25(22)12-11-24-20(22)28)18-10-9-16(13-17(18)23)8-7-15-5-3-2-4-6-15/h2-6,9-10,13,20,24,28H,11-12,14H2,1H3. The predicted molar refractivity (Wildman–Crippen MR) is 105 cm³/mol. The topological polar surface area (TPSA) is 72.9 Å². The molecule has 2 aromatic rings. The second-order valence-electron chi connectivity index (χ2n) is 7.34. The Hall–Kier alpha value is -3.21. The van der Waals surface area contributed by atoms with Gasteiger partial charge in [0.15, 0.2) is 0 Å². The molecule has 2 atom stereocenters. The fraction of sp³-hybridized carbons (Fsp3) is 0.273. The predicted octanol–water partition coefficient (Wildman–Crippen LogP) is 2.06. The molecule has 2 saturated heterocycles. The number of nitrogens with one attached hydrogen (secondary N) is 1. The summed E-state index contributed by atoms with van der Waals surface area (Å²) in [5, 5.41) is 13.1. The first-order valence-corrected chi connectivity index (χ1v) is 9.33. The van der Waals surface area contributed by atoms with E-state index in [1.807, 2.05) is 30.3 Å². The Balaban J connectivity index is 1.62. The summed E-state index contributed by atoms with van der Waals surface area (Å²) >= 11 is 0. The van der Waals surface area contributed by atoms with Gasteiger partial charge in [-0.05, 0) is 37.3 Å². The van der Waals surface area contributed by atoms with Gasteiger partial charge >= 0.3 is 6.03 Å². The molecule has 2 aromatic carbocycles. The Bertz CT molecular complexity index is 1030. The Morgan fingerprint density at radius 3 is 2.59 bits per heavy atom. The van der Waals surface area contributed by atoms with E-state index in [-0.39, 0.29) is 12.1 Å². The molecule has 7 heteroatoms. The number of nitrogens with zero attached hydrogens (tertiary/aromatic N) is 2. The lowest BCUT2D eigenvalue weighted by atomic mass is 9.88. The first-order valence-electron chi connectivity index (χ1n) is 9.33. The second-order valence-corrected chi connectivity index (χ2v) is 7.34. The van der Waals surface area contributed by atoms with Crippen LogP contribution in [0.25, 0.3) is 0 Å². The Morgan fingerprint density at radius 1 is 1.14 bits per heavy atom. The summed E-state index contributed by atoms with van der Waals surface area (Å²) in [4.78, 5) is 27.9. The zero-order chi connectivity index (χ0) is 20.6. The Kier molecular flexibility index (Phi) is 4.82. The number of urea groups is 1. The average molecular weight is 393 g/mol. The molecule has 29 heavy (non-hydrogen) atoms. The minimum atomic E-state index is -1.06. The van der Waals surface area contributed by atoms with Crippen LogP contribution in [-0.4, -0.2) is 46.8 Å². The van der Waals surface area contributed by atoms with Gasteiger partial charge in [0.2, 0.25) is 5.91 Å². The molecule has 4 rings (SSSR count).